The van der Waals surface area contributed by atoms with Gasteiger partial charge in [-0.3, -0.25) is 0 Å². The first-order valence-corrected chi connectivity index (χ1v) is 13.3. The Morgan fingerprint density at radius 1 is 1.03 bits per heavy atom. The molecule has 1 N–H and O–H groups in total. The minimum atomic E-state index is -0.0870. The molecule has 4 aliphatic carbocycles. The number of fused-ring (bicyclic) bond motifs is 5. The average molecular weight is 413 g/mol. The molecule has 0 saturated heterocycles. The number of aliphatic hydroxyl groups is 1. The van der Waals surface area contributed by atoms with Gasteiger partial charge in [0.15, 0.2) is 0 Å². The van der Waals surface area contributed by atoms with Crippen molar-refractivity contribution in [2.24, 2.45) is 52.3 Å². The summed E-state index contributed by atoms with van der Waals surface area (Å²) in [6.45, 7) is 14.8. The van der Waals surface area contributed by atoms with Crippen LogP contribution in [0.2, 0.25) is 0 Å². The van der Waals surface area contributed by atoms with Crippen molar-refractivity contribution < 1.29 is 5.11 Å². The number of aliphatic hydroxyl groups excluding tert-OH is 1. The summed E-state index contributed by atoms with van der Waals surface area (Å²) in [5.74, 6) is 5.70. The van der Waals surface area contributed by atoms with E-state index in [-0.39, 0.29) is 6.10 Å². The summed E-state index contributed by atoms with van der Waals surface area (Å²) >= 11 is 0. The second kappa shape index (κ2) is 8.42. The molecule has 4 aliphatic rings. The lowest BCUT2D eigenvalue weighted by Gasteiger charge is -2.58. The lowest BCUT2D eigenvalue weighted by Crippen LogP contribution is -2.50. The molecule has 0 amide bonds. The molecule has 0 radical (unpaired) electrons. The summed E-state index contributed by atoms with van der Waals surface area (Å²) in [6.07, 6.45) is 19.1. The van der Waals surface area contributed by atoms with Gasteiger partial charge < -0.3 is 5.11 Å². The molecule has 9 atom stereocenters. The highest BCUT2D eigenvalue weighted by Gasteiger charge is 2.58. The van der Waals surface area contributed by atoms with Crippen LogP contribution in [0.4, 0.5) is 0 Å². The molecular formula is C29H48O. The Balaban J connectivity index is 1.52. The summed E-state index contributed by atoms with van der Waals surface area (Å²) in [7, 11) is 0. The van der Waals surface area contributed by atoms with Gasteiger partial charge in [-0.2, -0.15) is 0 Å². The highest BCUT2D eigenvalue weighted by molar-refractivity contribution is 5.25. The topological polar surface area (TPSA) is 20.2 Å². The van der Waals surface area contributed by atoms with E-state index in [1.807, 2.05) is 0 Å². The van der Waals surface area contributed by atoms with Crippen LogP contribution < -0.4 is 0 Å². The first-order chi connectivity index (χ1) is 14.2. The van der Waals surface area contributed by atoms with Gasteiger partial charge in [0.2, 0.25) is 0 Å². The average Bonchev–Trinajstić information content (AvgIpc) is 3.06. The van der Waals surface area contributed by atoms with Gasteiger partial charge in [0, 0.05) is 0 Å². The molecule has 0 aromatic heterocycles. The molecule has 0 heterocycles. The molecule has 4 rings (SSSR count). The van der Waals surface area contributed by atoms with Crippen LogP contribution in [0, 0.1) is 52.3 Å². The summed E-state index contributed by atoms with van der Waals surface area (Å²) in [6, 6.07) is 0. The van der Waals surface area contributed by atoms with Crippen molar-refractivity contribution >= 4 is 0 Å². The molecule has 1 nitrogen and oxygen atoms in total. The van der Waals surface area contributed by atoms with Crippen LogP contribution >= 0.6 is 0 Å². The SMILES string of the molecule is CC[C@H](/C=C/[C@@H](C)C1CCC2[C@@H]3CC=C4CC(O)CC[C@]4(C)C3CC[C@@]21C)C(C)C. The number of allylic oxidation sites excluding steroid dienone is 3. The van der Waals surface area contributed by atoms with Crippen LogP contribution in [-0.2, 0) is 0 Å². The molecule has 1 heteroatoms. The Bertz CT molecular complexity index is 674. The lowest BCUT2D eigenvalue weighted by molar-refractivity contribution is -0.0540. The molecule has 3 saturated carbocycles. The van der Waals surface area contributed by atoms with E-state index >= 15 is 0 Å². The zero-order chi connectivity index (χ0) is 21.7. The van der Waals surface area contributed by atoms with E-state index in [9.17, 15) is 5.11 Å². The molecule has 0 bridgehead atoms. The Morgan fingerprint density at radius 2 is 1.80 bits per heavy atom. The molecule has 0 aliphatic heterocycles. The van der Waals surface area contributed by atoms with Crippen molar-refractivity contribution in [1.82, 2.24) is 0 Å². The van der Waals surface area contributed by atoms with Gasteiger partial charge >= 0.3 is 0 Å². The summed E-state index contributed by atoms with van der Waals surface area (Å²) < 4.78 is 0. The first-order valence-electron chi connectivity index (χ1n) is 13.3. The standard InChI is InChI=1S/C29H48O/c1-7-21(19(2)3)9-8-20(4)25-12-13-26-24-11-10-22-18-23(30)14-16-28(22,5)27(24)15-17-29(25,26)6/h8-10,19-21,23-27,30H,7,11-18H2,1-6H3/b9-8+/t20-,21-,23?,24+,25?,26?,27?,28+,29-/m1/s1. The van der Waals surface area contributed by atoms with Crippen molar-refractivity contribution in [3.8, 4) is 0 Å². The third-order valence-corrected chi connectivity index (χ3v) is 10.8. The van der Waals surface area contributed by atoms with Gasteiger partial charge in [0.05, 0.1) is 6.10 Å². The Hall–Kier alpha value is -0.560. The number of hydrogen-bond donors (Lipinski definition) is 1. The zero-order valence-electron chi connectivity index (χ0n) is 20.7. The second-order valence-corrected chi connectivity index (χ2v) is 12.4. The van der Waals surface area contributed by atoms with Crippen LogP contribution in [0.1, 0.15) is 99.3 Å². The van der Waals surface area contributed by atoms with Crippen molar-refractivity contribution in [2.75, 3.05) is 0 Å². The fraction of sp³-hybridized carbons (Fsp3) is 0.862. The smallest absolute Gasteiger partial charge is 0.0577 e. The van der Waals surface area contributed by atoms with Gasteiger partial charge in [0.1, 0.15) is 0 Å². The van der Waals surface area contributed by atoms with E-state index in [1.54, 1.807) is 5.57 Å². The molecule has 0 spiro atoms. The van der Waals surface area contributed by atoms with Crippen molar-refractivity contribution in [3.05, 3.63) is 23.8 Å². The lowest BCUT2D eigenvalue weighted by atomic mass is 9.47. The van der Waals surface area contributed by atoms with Gasteiger partial charge in [-0.05, 0) is 110 Å². The molecule has 0 aromatic carbocycles. The Labute approximate surface area is 186 Å². The van der Waals surface area contributed by atoms with Gasteiger partial charge in [-0.1, -0.05) is 65.3 Å². The fourth-order valence-electron chi connectivity index (χ4n) is 8.83. The molecule has 4 unspecified atom stereocenters. The van der Waals surface area contributed by atoms with Crippen LogP contribution in [0.5, 0.6) is 0 Å². The molecular weight excluding hydrogens is 364 g/mol. The fourth-order valence-corrected chi connectivity index (χ4v) is 8.83. The maximum absolute atomic E-state index is 10.2. The van der Waals surface area contributed by atoms with Crippen LogP contribution in [0.25, 0.3) is 0 Å². The van der Waals surface area contributed by atoms with E-state index in [4.69, 9.17) is 0 Å². The number of hydrogen-bond acceptors (Lipinski definition) is 1. The summed E-state index contributed by atoms with van der Waals surface area (Å²) in [4.78, 5) is 0. The normalized spacial score (nSPS) is 45.6. The molecule has 0 aromatic rings. The van der Waals surface area contributed by atoms with Crippen molar-refractivity contribution in [3.63, 3.8) is 0 Å². The predicted molar refractivity (Wildman–Crippen MR) is 128 cm³/mol. The van der Waals surface area contributed by atoms with Crippen molar-refractivity contribution in [1.29, 1.82) is 0 Å². The Morgan fingerprint density at radius 3 is 2.50 bits per heavy atom. The first kappa shape index (κ1) is 22.6. The largest absolute Gasteiger partial charge is 0.393 e. The van der Waals surface area contributed by atoms with E-state index in [1.165, 1.54) is 44.9 Å². The molecule has 30 heavy (non-hydrogen) atoms. The maximum Gasteiger partial charge on any atom is 0.0577 e. The minimum absolute atomic E-state index is 0.0870. The Kier molecular flexibility index (Phi) is 6.35. The van der Waals surface area contributed by atoms with Gasteiger partial charge in [-0.15, -0.1) is 0 Å². The van der Waals surface area contributed by atoms with Crippen LogP contribution in [-0.4, -0.2) is 11.2 Å². The van der Waals surface area contributed by atoms with Crippen molar-refractivity contribution in [2.45, 2.75) is 105 Å². The zero-order valence-corrected chi connectivity index (χ0v) is 20.7. The van der Waals surface area contributed by atoms with E-state index < -0.39 is 0 Å². The van der Waals surface area contributed by atoms with E-state index in [0.29, 0.717) is 16.7 Å². The summed E-state index contributed by atoms with van der Waals surface area (Å²) in [5.41, 5.74) is 2.51. The van der Waals surface area contributed by atoms with Crippen LogP contribution in [0.15, 0.2) is 23.8 Å². The third kappa shape index (κ3) is 3.66. The number of rotatable bonds is 5. The van der Waals surface area contributed by atoms with E-state index in [2.05, 4.69) is 59.8 Å². The van der Waals surface area contributed by atoms with E-state index in [0.717, 1.165) is 48.3 Å². The van der Waals surface area contributed by atoms with Crippen LogP contribution in [0.3, 0.4) is 0 Å². The second-order valence-electron chi connectivity index (χ2n) is 12.4. The monoisotopic (exact) mass is 412 g/mol. The predicted octanol–water partition coefficient (Wildman–Crippen LogP) is 7.80. The highest BCUT2D eigenvalue weighted by atomic mass is 16.3. The quantitative estimate of drug-likeness (QED) is 0.457. The maximum atomic E-state index is 10.2. The van der Waals surface area contributed by atoms with Gasteiger partial charge in [-0.25, -0.2) is 0 Å². The highest BCUT2D eigenvalue weighted by Crippen LogP contribution is 2.67. The molecule has 3 fully saturated rings. The molecule has 170 valence electrons. The third-order valence-electron chi connectivity index (χ3n) is 10.8. The minimum Gasteiger partial charge on any atom is -0.393 e. The van der Waals surface area contributed by atoms with Gasteiger partial charge in [0.25, 0.3) is 0 Å². The summed E-state index contributed by atoms with van der Waals surface area (Å²) in [5, 5.41) is 10.2.